The molecule has 3 aromatic rings. The third kappa shape index (κ3) is 3.08. The number of aromatic nitrogens is 4. The van der Waals surface area contributed by atoms with Crippen LogP contribution in [0.5, 0.6) is 11.5 Å². The minimum Gasteiger partial charge on any atom is -0.497 e. The van der Waals surface area contributed by atoms with Crippen LogP contribution in [0.3, 0.4) is 0 Å². The second-order valence-corrected chi connectivity index (χ2v) is 6.06. The van der Waals surface area contributed by atoms with Crippen molar-refractivity contribution in [2.45, 2.75) is 12.1 Å². The van der Waals surface area contributed by atoms with Gasteiger partial charge in [-0.2, -0.15) is 5.10 Å². The van der Waals surface area contributed by atoms with Crippen LogP contribution in [0.2, 0.25) is 0 Å². The highest BCUT2D eigenvalue weighted by Crippen LogP contribution is 2.18. The predicted octanol–water partition coefficient (Wildman–Crippen LogP) is 0.653. The second kappa shape index (κ2) is 6.68. The molecule has 4 heterocycles. The first kappa shape index (κ1) is 16.4. The molecule has 9 nitrogen and oxygen atoms in total. The Kier molecular flexibility index (Phi) is 4.21. The van der Waals surface area contributed by atoms with Crippen molar-refractivity contribution >= 4 is 11.6 Å². The maximum atomic E-state index is 12.7. The van der Waals surface area contributed by atoms with Gasteiger partial charge in [-0.1, -0.05) is 0 Å². The molecule has 1 N–H and O–H groups in total. The van der Waals surface area contributed by atoms with Crippen molar-refractivity contribution in [3.8, 4) is 11.5 Å². The van der Waals surface area contributed by atoms with E-state index in [9.17, 15) is 4.79 Å². The van der Waals surface area contributed by atoms with E-state index >= 15 is 0 Å². The summed E-state index contributed by atoms with van der Waals surface area (Å²) in [6, 6.07) is 3.29. The van der Waals surface area contributed by atoms with Crippen molar-refractivity contribution < 1.29 is 19.0 Å². The SMILES string of the molecule is COc1ccn2c(C(=O)N[C@H]3COC[C@H]3Oc3cnn(C)c3)cnc2c1. The standard InChI is InChI=1S/C17H19N5O4/c1-21-8-12(6-19-21)26-15-10-25-9-13(15)20-17(23)14-7-18-16-5-11(24-2)3-4-22(14)16/h3-8,13,15H,9-10H2,1-2H3,(H,20,23)/t13-,15+/m0/s1. The van der Waals surface area contributed by atoms with Gasteiger partial charge < -0.3 is 19.5 Å². The predicted molar refractivity (Wildman–Crippen MR) is 91.4 cm³/mol. The van der Waals surface area contributed by atoms with Gasteiger partial charge >= 0.3 is 0 Å². The Labute approximate surface area is 149 Å². The highest BCUT2D eigenvalue weighted by Gasteiger charge is 2.32. The van der Waals surface area contributed by atoms with Crippen molar-refractivity contribution in [1.82, 2.24) is 24.5 Å². The average Bonchev–Trinajstić information content (AvgIpc) is 3.35. The van der Waals surface area contributed by atoms with Gasteiger partial charge in [-0.05, 0) is 6.07 Å². The van der Waals surface area contributed by atoms with Crippen LogP contribution in [0, 0.1) is 0 Å². The van der Waals surface area contributed by atoms with Crippen LogP contribution in [0.4, 0.5) is 0 Å². The van der Waals surface area contributed by atoms with Crippen molar-refractivity contribution in [3.63, 3.8) is 0 Å². The minimum atomic E-state index is -0.276. The Morgan fingerprint density at radius 2 is 2.23 bits per heavy atom. The minimum absolute atomic E-state index is 0.238. The number of nitrogens with zero attached hydrogens (tertiary/aromatic N) is 4. The zero-order valence-electron chi connectivity index (χ0n) is 14.5. The second-order valence-electron chi connectivity index (χ2n) is 6.06. The molecular weight excluding hydrogens is 338 g/mol. The molecule has 0 unspecified atom stereocenters. The molecule has 0 bridgehead atoms. The lowest BCUT2D eigenvalue weighted by Crippen LogP contribution is -2.45. The molecule has 1 amide bonds. The number of carbonyl (C=O) groups is 1. The number of ether oxygens (including phenoxy) is 3. The first-order valence-electron chi connectivity index (χ1n) is 8.19. The third-order valence-corrected chi connectivity index (χ3v) is 4.27. The zero-order valence-corrected chi connectivity index (χ0v) is 14.5. The van der Waals surface area contributed by atoms with Gasteiger partial charge in [0.1, 0.15) is 23.2 Å². The number of pyridine rings is 1. The number of carbonyl (C=O) groups excluding carboxylic acids is 1. The monoisotopic (exact) mass is 357 g/mol. The molecule has 0 saturated carbocycles. The van der Waals surface area contributed by atoms with Crippen LogP contribution in [-0.4, -0.2) is 57.5 Å². The van der Waals surface area contributed by atoms with E-state index in [-0.39, 0.29) is 18.1 Å². The van der Waals surface area contributed by atoms with Crippen LogP contribution in [0.25, 0.3) is 5.65 Å². The molecule has 4 rings (SSSR count). The van der Waals surface area contributed by atoms with Gasteiger partial charge in [-0.3, -0.25) is 13.9 Å². The maximum Gasteiger partial charge on any atom is 0.270 e. The van der Waals surface area contributed by atoms with Crippen molar-refractivity contribution in [2.24, 2.45) is 7.05 Å². The number of hydrogen-bond donors (Lipinski definition) is 1. The van der Waals surface area contributed by atoms with Gasteiger partial charge in [-0.15, -0.1) is 0 Å². The quantitative estimate of drug-likeness (QED) is 0.721. The average molecular weight is 357 g/mol. The summed E-state index contributed by atoms with van der Waals surface area (Å²) in [5.74, 6) is 1.09. The Morgan fingerprint density at radius 1 is 1.35 bits per heavy atom. The number of rotatable bonds is 5. The summed E-state index contributed by atoms with van der Waals surface area (Å²) in [7, 11) is 3.40. The molecule has 1 fully saturated rings. The first-order valence-corrected chi connectivity index (χ1v) is 8.19. The third-order valence-electron chi connectivity index (χ3n) is 4.27. The number of aryl methyl sites for hydroxylation is 1. The molecule has 0 spiro atoms. The van der Waals surface area contributed by atoms with E-state index in [2.05, 4.69) is 15.4 Å². The van der Waals surface area contributed by atoms with Gasteiger partial charge in [0.15, 0.2) is 5.75 Å². The lowest BCUT2D eigenvalue weighted by molar-refractivity contribution is 0.0898. The molecule has 136 valence electrons. The van der Waals surface area contributed by atoms with E-state index in [0.29, 0.717) is 36.1 Å². The molecule has 0 aromatic carbocycles. The molecule has 26 heavy (non-hydrogen) atoms. The number of imidazole rings is 1. The Bertz CT molecular complexity index is 934. The fourth-order valence-corrected chi connectivity index (χ4v) is 2.92. The van der Waals surface area contributed by atoms with E-state index < -0.39 is 0 Å². The highest BCUT2D eigenvalue weighted by molar-refractivity contribution is 5.93. The number of amides is 1. The Morgan fingerprint density at radius 3 is 3.00 bits per heavy atom. The van der Waals surface area contributed by atoms with Crippen molar-refractivity contribution in [3.05, 3.63) is 42.6 Å². The fourth-order valence-electron chi connectivity index (χ4n) is 2.92. The summed E-state index contributed by atoms with van der Waals surface area (Å²) in [5, 5.41) is 7.05. The molecule has 9 heteroatoms. The summed E-state index contributed by atoms with van der Waals surface area (Å²) in [6.07, 6.45) is 6.42. The largest absolute Gasteiger partial charge is 0.497 e. The van der Waals surface area contributed by atoms with Crippen LogP contribution >= 0.6 is 0 Å². The van der Waals surface area contributed by atoms with E-state index in [1.807, 2.05) is 7.05 Å². The normalized spacial score (nSPS) is 19.6. The number of nitrogens with one attached hydrogen (secondary N) is 1. The van der Waals surface area contributed by atoms with Gasteiger partial charge in [0.05, 0.1) is 45.0 Å². The van der Waals surface area contributed by atoms with E-state index in [1.54, 1.807) is 46.9 Å². The van der Waals surface area contributed by atoms with Gasteiger partial charge in [-0.25, -0.2) is 4.98 Å². The lowest BCUT2D eigenvalue weighted by Gasteiger charge is -2.19. The molecule has 3 aromatic heterocycles. The van der Waals surface area contributed by atoms with E-state index in [0.717, 1.165) is 0 Å². The van der Waals surface area contributed by atoms with Gasteiger partial charge in [0, 0.05) is 19.3 Å². The molecule has 0 radical (unpaired) electrons. The zero-order chi connectivity index (χ0) is 18.1. The lowest BCUT2D eigenvalue weighted by atomic mass is 10.2. The fraction of sp³-hybridized carbons (Fsp3) is 0.353. The Balaban J connectivity index is 1.48. The van der Waals surface area contributed by atoms with E-state index in [1.165, 1.54) is 6.20 Å². The number of fused-ring (bicyclic) bond motifs is 1. The summed E-state index contributed by atoms with van der Waals surface area (Å²) in [5.41, 5.74) is 1.08. The molecule has 0 aliphatic carbocycles. The molecule has 1 aliphatic rings. The Hall–Kier alpha value is -3.07. The van der Waals surface area contributed by atoms with Crippen molar-refractivity contribution in [1.29, 1.82) is 0 Å². The molecule has 2 atom stereocenters. The highest BCUT2D eigenvalue weighted by atomic mass is 16.5. The summed E-state index contributed by atoms with van der Waals surface area (Å²) >= 11 is 0. The summed E-state index contributed by atoms with van der Waals surface area (Å²) in [6.45, 7) is 0.797. The van der Waals surface area contributed by atoms with Crippen LogP contribution < -0.4 is 14.8 Å². The molecular formula is C17H19N5O4. The topological polar surface area (TPSA) is 91.9 Å². The number of hydrogen-bond acceptors (Lipinski definition) is 6. The first-order chi connectivity index (χ1) is 12.6. The van der Waals surface area contributed by atoms with Gasteiger partial charge in [0.25, 0.3) is 5.91 Å². The van der Waals surface area contributed by atoms with E-state index in [4.69, 9.17) is 14.2 Å². The summed E-state index contributed by atoms with van der Waals surface area (Å²) in [4.78, 5) is 17.0. The van der Waals surface area contributed by atoms with Crippen LogP contribution in [0.15, 0.2) is 36.9 Å². The number of methoxy groups -OCH3 is 1. The van der Waals surface area contributed by atoms with Crippen molar-refractivity contribution in [2.75, 3.05) is 20.3 Å². The van der Waals surface area contributed by atoms with Crippen LogP contribution in [-0.2, 0) is 11.8 Å². The van der Waals surface area contributed by atoms with Crippen LogP contribution in [0.1, 0.15) is 10.5 Å². The maximum absolute atomic E-state index is 12.7. The smallest absolute Gasteiger partial charge is 0.270 e. The molecule has 1 aliphatic heterocycles. The molecule has 1 saturated heterocycles. The summed E-state index contributed by atoms with van der Waals surface area (Å²) < 4.78 is 19.9. The van der Waals surface area contributed by atoms with Gasteiger partial charge in [0.2, 0.25) is 0 Å².